The van der Waals surface area contributed by atoms with Crippen LogP contribution in [0.2, 0.25) is 0 Å². The predicted molar refractivity (Wildman–Crippen MR) is 90.2 cm³/mol. The molecule has 2 N–H and O–H groups in total. The lowest BCUT2D eigenvalue weighted by atomic mass is 10.1. The number of nitrogens with one attached hydrogen (secondary N) is 1. The number of aliphatic hydroxyl groups excluding tert-OH is 1. The normalized spacial score (nSPS) is 12.8. The Morgan fingerprint density at radius 2 is 1.20 bits per heavy atom. The van der Waals surface area contributed by atoms with Gasteiger partial charge in [0.25, 0.3) is 0 Å². The molecule has 0 aliphatic rings. The molecule has 0 radical (unpaired) electrons. The quantitative estimate of drug-likeness (QED) is 0.389. The van der Waals surface area contributed by atoms with Crippen LogP contribution in [0.3, 0.4) is 0 Å². The molecule has 2 heteroatoms. The molecule has 0 bridgehead atoms. The average molecular weight is 286 g/mol. The second-order valence-electron chi connectivity index (χ2n) is 6.26. The Bertz CT molecular complexity index is 173. The van der Waals surface area contributed by atoms with Gasteiger partial charge in [0, 0.05) is 12.6 Å². The van der Waals surface area contributed by atoms with Gasteiger partial charge in [-0.25, -0.2) is 0 Å². The van der Waals surface area contributed by atoms with E-state index < -0.39 is 0 Å². The van der Waals surface area contributed by atoms with E-state index in [0.717, 1.165) is 13.0 Å². The summed E-state index contributed by atoms with van der Waals surface area (Å²) in [6.45, 7) is 5.84. The number of rotatable bonds is 16. The first-order valence-corrected chi connectivity index (χ1v) is 9.15. The fourth-order valence-corrected chi connectivity index (χ4v) is 2.61. The fraction of sp³-hybridized carbons (Fsp3) is 1.00. The molecule has 20 heavy (non-hydrogen) atoms. The number of hydrogen-bond acceptors (Lipinski definition) is 2. The maximum Gasteiger partial charge on any atom is 0.0445 e. The second kappa shape index (κ2) is 17.0. The van der Waals surface area contributed by atoms with Crippen molar-refractivity contribution < 1.29 is 5.11 Å². The van der Waals surface area contributed by atoms with Crippen molar-refractivity contribution in [1.82, 2.24) is 5.32 Å². The standard InChI is InChI=1S/C18H39NO/c1-3-4-5-6-7-8-9-10-11-12-13-14-16-19-18(2)15-17-20/h18-20H,3-17H2,1-2H3. The van der Waals surface area contributed by atoms with Crippen LogP contribution in [0.5, 0.6) is 0 Å². The zero-order valence-electron chi connectivity index (χ0n) is 14.1. The van der Waals surface area contributed by atoms with Crippen molar-refractivity contribution in [2.75, 3.05) is 13.2 Å². The summed E-state index contributed by atoms with van der Waals surface area (Å²) in [5.74, 6) is 0. The lowest BCUT2D eigenvalue weighted by molar-refractivity contribution is 0.269. The molecule has 0 fully saturated rings. The third-order valence-electron chi connectivity index (χ3n) is 4.09. The van der Waals surface area contributed by atoms with Crippen molar-refractivity contribution in [2.24, 2.45) is 0 Å². The van der Waals surface area contributed by atoms with Crippen LogP contribution in [-0.4, -0.2) is 24.3 Å². The lowest BCUT2D eigenvalue weighted by Gasteiger charge is -2.11. The molecule has 0 spiro atoms. The highest BCUT2D eigenvalue weighted by Gasteiger charge is 1.98. The molecule has 0 heterocycles. The minimum Gasteiger partial charge on any atom is -0.396 e. The van der Waals surface area contributed by atoms with Crippen LogP contribution in [0.15, 0.2) is 0 Å². The van der Waals surface area contributed by atoms with Crippen molar-refractivity contribution in [2.45, 2.75) is 103 Å². The van der Waals surface area contributed by atoms with Gasteiger partial charge in [0.15, 0.2) is 0 Å². The van der Waals surface area contributed by atoms with Crippen molar-refractivity contribution >= 4 is 0 Å². The molecule has 0 saturated heterocycles. The molecular formula is C18H39NO. The van der Waals surface area contributed by atoms with Gasteiger partial charge in [-0.2, -0.15) is 0 Å². The zero-order chi connectivity index (χ0) is 14.9. The largest absolute Gasteiger partial charge is 0.396 e. The minimum atomic E-state index is 0.298. The molecule has 0 aromatic carbocycles. The first-order chi connectivity index (χ1) is 9.81. The summed E-state index contributed by atoms with van der Waals surface area (Å²) in [6.07, 6.45) is 17.8. The monoisotopic (exact) mass is 285 g/mol. The number of unbranched alkanes of at least 4 members (excludes halogenated alkanes) is 11. The molecule has 1 atom stereocenters. The second-order valence-corrected chi connectivity index (χ2v) is 6.26. The van der Waals surface area contributed by atoms with Crippen LogP contribution in [0, 0.1) is 0 Å². The third kappa shape index (κ3) is 16.0. The molecule has 0 aromatic heterocycles. The van der Waals surface area contributed by atoms with E-state index in [9.17, 15) is 0 Å². The number of aliphatic hydroxyl groups is 1. The Morgan fingerprint density at radius 3 is 1.65 bits per heavy atom. The van der Waals surface area contributed by atoms with Gasteiger partial charge in [0.1, 0.15) is 0 Å². The molecule has 0 aromatic rings. The smallest absolute Gasteiger partial charge is 0.0445 e. The summed E-state index contributed by atoms with van der Waals surface area (Å²) in [5, 5.41) is 12.3. The summed E-state index contributed by atoms with van der Waals surface area (Å²) >= 11 is 0. The Balaban J connectivity index is 2.99. The predicted octanol–water partition coefficient (Wildman–Crippen LogP) is 5.05. The molecular weight excluding hydrogens is 246 g/mol. The highest BCUT2D eigenvalue weighted by Crippen LogP contribution is 2.11. The van der Waals surface area contributed by atoms with Gasteiger partial charge in [-0.1, -0.05) is 77.6 Å². The molecule has 0 aliphatic heterocycles. The van der Waals surface area contributed by atoms with E-state index in [4.69, 9.17) is 5.11 Å². The SMILES string of the molecule is CCCCCCCCCCCCCCNC(C)CCO. The van der Waals surface area contributed by atoms with Crippen LogP contribution in [0.25, 0.3) is 0 Å². The Hall–Kier alpha value is -0.0800. The zero-order valence-corrected chi connectivity index (χ0v) is 14.1. The van der Waals surface area contributed by atoms with E-state index in [2.05, 4.69) is 19.2 Å². The third-order valence-corrected chi connectivity index (χ3v) is 4.09. The summed E-state index contributed by atoms with van der Waals surface area (Å²) in [5.41, 5.74) is 0. The van der Waals surface area contributed by atoms with E-state index in [1.165, 1.54) is 77.0 Å². The molecule has 0 rings (SSSR count). The van der Waals surface area contributed by atoms with Gasteiger partial charge in [0.05, 0.1) is 0 Å². The van der Waals surface area contributed by atoms with Crippen LogP contribution < -0.4 is 5.32 Å². The van der Waals surface area contributed by atoms with Gasteiger partial charge in [-0.3, -0.25) is 0 Å². The van der Waals surface area contributed by atoms with Crippen LogP contribution in [0.1, 0.15) is 97.3 Å². The van der Waals surface area contributed by atoms with E-state index in [-0.39, 0.29) is 0 Å². The molecule has 0 amide bonds. The van der Waals surface area contributed by atoms with Crippen LogP contribution >= 0.6 is 0 Å². The molecule has 0 saturated carbocycles. The van der Waals surface area contributed by atoms with Crippen LogP contribution in [-0.2, 0) is 0 Å². The first-order valence-electron chi connectivity index (χ1n) is 9.15. The van der Waals surface area contributed by atoms with Crippen molar-refractivity contribution in [3.63, 3.8) is 0 Å². The highest BCUT2D eigenvalue weighted by atomic mass is 16.3. The van der Waals surface area contributed by atoms with E-state index in [1.54, 1.807) is 0 Å². The molecule has 122 valence electrons. The van der Waals surface area contributed by atoms with Gasteiger partial charge in [0.2, 0.25) is 0 Å². The first kappa shape index (κ1) is 19.9. The van der Waals surface area contributed by atoms with Crippen molar-refractivity contribution in [3.05, 3.63) is 0 Å². The Morgan fingerprint density at radius 1 is 0.750 bits per heavy atom. The molecule has 2 nitrogen and oxygen atoms in total. The Kier molecular flexibility index (Phi) is 16.9. The van der Waals surface area contributed by atoms with Gasteiger partial charge in [-0.05, 0) is 26.3 Å². The fourth-order valence-electron chi connectivity index (χ4n) is 2.61. The van der Waals surface area contributed by atoms with E-state index in [0.29, 0.717) is 12.6 Å². The topological polar surface area (TPSA) is 32.3 Å². The van der Waals surface area contributed by atoms with Crippen molar-refractivity contribution in [3.8, 4) is 0 Å². The highest BCUT2D eigenvalue weighted by molar-refractivity contribution is 4.59. The van der Waals surface area contributed by atoms with E-state index >= 15 is 0 Å². The maximum atomic E-state index is 8.80. The summed E-state index contributed by atoms with van der Waals surface area (Å²) < 4.78 is 0. The van der Waals surface area contributed by atoms with Crippen molar-refractivity contribution in [1.29, 1.82) is 0 Å². The number of hydrogen-bond donors (Lipinski definition) is 2. The molecule has 0 aliphatic carbocycles. The lowest BCUT2D eigenvalue weighted by Crippen LogP contribution is -2.27. The molecule has 1 unspecified atom stereocenters. The van der Waals surface area contributed by atoms with Gasteiger partial charge in [-0.15, -0.1) is 0 Å². The maximum absolute atomic E-state index is 8.80. The summed E-state index contributed by atoms with van der Waals surface area (Å²) in [4.78, 5) is 0. The summed E-state index contributed by atoms with van der Waals surface area (Å²) in [7, 11) is 0. The van der Waals surface area contributed by atoms with Gasteiger partial charge >= 0.3 is 0 Å². The summed E-state index contributed by atoms with van der Waals surface area (Å²) in [6, 6.07) is 0.465. The van der Waals surface area contributed by atoms with Crippen LogP contribution in [0.4, 0.5) is 0 Å². The minimum absolute atomic E-state index is 0.298. The average Bonchev–Trinajstić information content (AvgIpc) is 2.44. The van der Waals surface area contributed by atoms with Gasteiger partial charge < -0.3 is 10.4 Å². The van der Waals surface area contributed by atoms with E-state index in [1.807, 2.05) is 0 Å². The Labute approximate surface area is 127 Å².